The number of ether oxygens (including phenoxy) is 2. The van der Waals surface area contributed by atoms with Crippen LogP contribution in [0.1, 0.15) is 6.92 Å². The van der Waals surface area contributed by atoms with Gasteiger partial charge in [-0.25, -0.2) is 0 Å². The summed E-state index contributed by atoms with van der Waals surface area (Å²) in [4.78, 5) is 40.8. The Morgan fingerprint density at radius 3 is 2.48 bits per heavy atom. The Hall–Kier alpha value is -2.67. The Morgan fingerprint density at radius 2 is 1.85 bits per heavy atom. The number of carboxylic acid groups (broad SMARTS) is 1. The summed E-state index contributed by atoms with van der Waals surface area (Å²) in [5, 5.41) is 12.7. The number of nitrogens with zero attached hydrogens (tertiary/aromatic N) is 2. The fourth-order valence-corrected chi connectivity index (χ4v) is 8.09. The zero-order valence-electron chi connectivity index (χ0n) is 20.7. The average molecular weight is 644 g/mol. The molecular weight excluding hydrogens is 623 g/mol. The summed E-state index contributed by atoms with van der Waals surface area (Å²) in [6.07, 6.45) is 0. The Labute approximate surface area is 251 Å². The van der Waals surface area contributed by atoms with Gasteiger partial charge in [-0.2, -0.15) is 0 Å². The molecule has 0 saturated carbocycles. The second kappa shape index (κ2) is 11.3. The molecule has 40 heavy (non-hydrogen) atoms. The first-order valence-corrected chi connectivity index (χ1v) is 15.2. The highest BCUT2D eigenvalue weighted by atomic mass is 35.5. The zero-order valence-corrected chi connectivity index (χ0v) is 24.6. The molecule has 0 aliphatic carbocycles. The number of anilines is 1. The van der Waals surface area contributed by atoms with Crippen LogP contribution in [0.15, 0.2) is 53.9 Å². The van der Waals surface area contributed by atoms with Crippen molar-refractivity contribution < 1.29 is 33.5 Å². The smallest absolute Gasteiger partial charge is 0.319 e. The quantitative estimate of drug-likeness (QED) is 0.261. The molecule has 0 radical (unpaired) electrons. The fraction of sp³-hybridized carbons (Fsp3) is 0.269. The standard InChI is InChI=1S/C26H21Cl3N2O7S2/c1-14(32)31(21-3-2-8-39-21)22-23(33)30-11-26(25(34)35,13-40(36)24(22)30)12-37-20-10-16(28)5-7-19(20)38-18-6-4-15(27)9-17(18)29/h2-10,22,24H,11-13H2,1H3,(H,34,35)/t22?,24-,26?,40?/m1/s1. The molecule has 3 unspecified atom stereocenters. The summed E-state index contributed by atoms with van der Waals surface area (Å²) in [5.41, 5.74) is -1.69. The van der Waals surface area contributed by atoms with Crippen molar-refractivity contribution in [3.8, 4) is 17.2 Å². The second-order valence-corrected chi connectivity index (χ2v) is 13.0. The molecule has 2 aliphatic heterocycles. The molecule has 9 nitrogen and oxygen atoms in total. The lowest BCUT2D eigenvalue weighted by molar-refractivity contribution is -0.160. The molecule has 2 saturated heterocycles. The van der Waals surface area contributed by atoms with Gasteiger partial charge in [-0.15, -0.1) is 11.3 Å². The zero-order chi connectivity index (χ0) is 28.8. The van der Waals surface area contributed by atoms with E-state index >= 15 is 0 Å². The van der Waals surface area contributed by atoms with Crippen LogP contribution < -0.4 is 14.4 Å². The number of fused-ring (bicyclic) bond motifs is 1. The van der Waals surface area contributed by atoms with E-state index in [2.05, 4.69) is 0 Å². The maximum Gasteiger partial charge on any atom is 0.319 e. The van der Waals surface area contributed by atoms with Crippen LogP contribution in [-0.4, -0.2) is 62.7 Å². The molecule has 2 fully saturated rings. The van der Waals surface area contributed by atoms with Crippen molar-refractivity contribution in [2.75, 3.05) is 23.8 Å². The van der Waals surface area contributed by atoms with Gasteiger partial charge >= 0.3 is 5.97 Å². The van der Waals surface area contributed by atoms with Crippen LogP contribution >= 0.6 is 46.1 Å². The minimum absolute atomic E-state index is 0.125. The topological polar surface area (TPSA) is 119 Å². The third kappa shape index (κ3) is 5.34. The predicted molar refractivity (Wildman–Crippen MR) is 153 cm³/mol. The van der Waals surface area contributed by atoms with E-state index in [9.17, 15) is 24.0 Å². The van der Waals surface area contributed by atoms with E-state index < -0.39 is 46.5 Å². The van der Waals surface area contributed by atoms with Gasteiger partial charge in [0.25, 0.3) is 5.91 Å². The van der Waals surface area contributed by atoms with E-state index in [1.807, 2.05) is 0 Å². The van der Waals surface area contributed by atoms with E-state index in [-0.39, 0.29) is 40.5 Å². The third-order valence-corrected chi connectivity index (χ3v) is 10.1. The fourth-order valence-electron chi connectivity index (χ4n) is 4.67. The van der Waals surface area contributed by atoms with Crippen molar-refractivity contribution in [3.05, 3.63) is 69.0 Å². The van der Waals surface area contributed by atoms with Gasteiger partial charge in [0.05, 0.1) is 10.0 Å². The molecular formula is C26H21Cl3N2O7S2. The number of carboxylic acids is 1. The van der Waals surface area contributed by atoms with Crippen molar-refractivity contribution in [1.29, 1.82) is 0 Å². The molecule has 2 aliphatic rings. The number of rotatable bonds is 8. The summed E-state index contributed by atoms with van der Waals surface area (Å²) in [6, 6.07) is 11.7. The van der Waals surface area contributed by atoms with Gasteiger partial charge in [-0.1, -0.05) is 34.8 Å². The number of aliphatic carboxylic acids is 1. The maximum absolute atomic E-state index is 13.5. The van der Waals surface area contributed by atoms with E-state index in [1.165, 1.54) is 46.3 Å². The minimum atomic E-state index is -1.80. The van der Waals surface area contributed by atoms with Gasteiger partial charge in [0.1, 0.15) is 18.1 Å². The lowest BCUT2D eigenvalue weighted by Gasteiger charge is -2.55. The highest BCUT2D eigenvalue weighted by Gasteiger charge is 2.66. The van der Waals surface area contributed by atoms with Gasteiger partial charge in [-0.3, -0.25) is 24.2 Å². The van der Waals surface area contributed by atoms with E-state index in [4.69, 9.17) is 44.3 Å². The van der Waals surface area contributed by atoms with Crippen LogP contribution in [-0.2, 0) is 25.6 Å². The molecule has 4 atom stereocenters. The summed E-state index contributed by atoms with van der Waals surface area (Å²) >= 11 is 17.8. The molecule has 1 aromatic heterocycles. The molecule has 14 heteroatoms. The molecule has 3 aromatic rings. The lowest BCUT2D eigenvalue weighted by Crippen LogP contribution is -2.79. The Morgan fingerprint density at radius 1 is 1.15 bits per heavy atom. The van der Waals surface area contributed by atoms with Gasteiger partial charge in [0, 0.05) is 29.6 Å². The molecule has 1 N–H and O–H groups in total. The van der Waals surface area contributed by atoms with Crippen LogP contribution in [0.5, 0.6) is 17.2 Å². The van der Waals surface area contributed by atoms with Crippen LogP contribution in [0.4, 0.5) is 5.00 Å². The van der Waals surface area contributed by atoms with E-state index in [0.717, 1.165) is 0 Å². The second-order valence-electron chi connectivity index (χ2n) is 9.31. The van der Waals surface area contributed by atoms with Crippen molar-refractivity contribution in [1.82, 2.24) is 4.90 Å². The third-order valence-electron chi connectivity index (χ3n) is 6.61. The number of β-lactam (4-membered cyclic amide) rings is 1. The number of hydrogen-bond acceptors (Lipinski definition) is 7. The summed E-state index contributed by atoms with van der Waals surface area (Å²) in [6.45, 7) is 0.657. The molecule has 5 rings (SSSR count). The number of carbonyl (C=O) groups is 3. The van der Waals surface area contributed by atoms with Crippen molar-refractivity contribution in [2.24, 2.45) is 5.41 Å². The normalized spacial score (nSPS) is 23.7. The van der Waals surface area contributed by atoms with Crippen LogP contribution in [0.3, 0.4) is 0 Å². The summed E-state index contributed by atoms with van der Waals surface area (Å²) in [7, 11) is 0. The molecule has 2 amide bonds. The van der Waals surface area contributed by atoms with Gasteiger partial charge < -0.3 is 19.1 Å². The van der Waals surface area contributed by atoms with Crippen molar-refractivity contribution in [3.63, 3.8) is 0 Å². The van der Waals surface area contributed by atoms with E-state index in [1.54, 1.807) is 35.7 Å². The first kappa shape index (κ1) is 28.8. The largest absolute Gasteiger partial charge is 0.615 e. The number of amides is 2. The average Bonchev–Trinajstić information content (AvgIpc) is 3.42. The molecule has 0 spiro atoms. The Bertz CT molecular complexity index is 1470. The van der Waals surface area contributed by atoms with Crippen molar-refractivity contribution >= 4 is 80.1 Å². The van der Waals surface area contributed by atoms with Crippen LogP contribution in [0, 0.1) is 5.41 Å². The Kier molecular flexibility index (Phi) is 8.15. The first-order valence-electron chi connectivity index (χ1n) is 11.8. The molecule has 0 bridgehead atoms. The van der Waals surface area contributed by atoms with Crippen LogP contribution in [0.2, 0.25) is 15.1 Å². The monoisotopic (exact) mass is 642 g/mol. The predicted octanol–water partition coefficient (Wildman–Crippen LogP) is 5.30. The van der Waals surface area contributed by atoms with Gasteiger partial charge in [0.15, 0.2) is 23.0 Å². The number of halogens is 3. The number of hydrogen-bond donors (Lipinski definition) is 1. The molecule has 3 heterocycles. The summed E-state index contributed by atoms with van der Waals surface area (Å²) < 4.78 is 25.3. The molecule has 2 aromatic carbocycles. The SMILES string of the molecule is CC(=O)N(c1cccs1)C1C(=O)N2CC(COc3cc(Cl)ccc3Oc3ccc(Cl)cc3Cl)(C(=O)O)C[S+]([O-])[C@H]12. The highest BCUT2D eigenvalue weighted by Crippen LogP contribution is 2.44. The minimum Gasteiger partial charge on any atom is -0.615 e. The van der Waals surface area contributed by atoms with Crippen molar-refractivity contribution in [2.45, 2.75) is 18.3 Å². The number of benzene rings is 2. The lowest BCUT2D eigenvalue weighted by atomic mass is 9.87. The summed E-state index contributed by atoms with van der Waals surface area (Å²) in [5.74, 6) is -1.80. The molecule has 210 valence electrons. The van der Waals surface area contributed by atoms with Crippen LogP contribution in [0.25, 0.3) is 0 Å². The first-order chi connectivity index (χ1) is 19.0. The Balaban J connectivity index is 1.37. The number of thiophene rings is 1. The number of carbonyl (C=O) groups excluding carboxylic acids is 2. The van der Waals surface area contributed by atoms with Gasteiger partial charge in [0.2, 0.25) is 11.3 Å². The maximum atomic E-state index is 13.5. The van der Waals surface area contributed by atoms with Gasteiger partial charge in [-0.05, 0) is 59.0 Å². The van der Waals surface area contributed by atoms with E-state index in [0.29, 0.717) is 15.0 Å². The highest BCUT2D eigenvalue weighted by molar-refractivity contribution is 7.92.